The predicted molar refractivity (Wildman–Crippen MR) is 84.4 cm³/mol. The molecule has 0 aliphatic carbocycles. The Morgan fingerprint density at radius 1 is 1.00 bits per heavy atom. The molecule has 1 rings (SSSR count). The van der Waals surface area contributed by atoms with Gasteiger partial charge in [0.25, 0.3) is 5.91 Å². The smallest absolute Gasteiger partial charge is 0.326 e. The number of hydrogen-bond donors (Lipinski definition) is 4. The van der Waals surface area contributed by atoms with Crippen molar-refractivity contribution in [3.63, 3.8) is 0 Å². The molecule has 0 aliphatic rings. The first-order valence-electron chi connectivity index (χ1n) is 7.33. The van der Waals surface area contributed by atoms with Crippen LogP contribution in [-0.2, 0) is 14.4 Å². The van der Waals surface area contributed by atoms with E-state index in [1.165, 1.54) is 0 Å². The van der Waals surface area contributed by atoms with Gasteiger partial charge in [0.15, 0.2) is 0 Å². The standard InChI is InChI=1S/C16H20N2O6/c1-9(2)13(18-14(21)10-6-4-3-5-7-10)15(22)17-11(16(23)24)8-12(19)20/h3-7,9,11,13H,8H2,1-2H3,(H,17,22)(H,18,21)(H,19,20)(H,23,24). The lowest BCUT2D eigenvalue weighted by Gasteiger charge is -2.23. The van der Waals surface area contributed by atoms with Crippen molar-refractivity contribution in [1.29, 1.82) is 0 Å². The third-order valence-electron chi connectivity index (χ3n) is 3.27. The zero-order valence-corrected chi connectivity index (χ0v) is 13.4. The number of rotatable bonds is 8. The van der Waals surface area contributed by atoms with E-state index in [0.717, 1.165) is 0 Å². The van der Waals surface area contributed by atoms with Crippen molar-refractivity contribution >= 4 is 23.8 Å². The Hall–Kier alpha value is -2.90. The third kappa shape index (κ3) is 5.71. The highest BCUT2D eigenvalue weighted by Crippen LogP contribution is 2.06. The molecule has 0 saturated heterocycles. The van der Waals surface area contributed by atoms with Crippen LogP contribution >= 0.6 is 0 Å². The summed E-state index contributed by atoms with van der Waals surface area (Å²) in [6.45, 7) is 3.37. The fraction of sp³-hybridized carbons (Fsp3) is 0.375. The molecule has 0 spiro atoms. The van der Waals surface area contributed by atoms with Gasteiger partial charge in [0.1, 0.15) is 12.1 Å². The fourth-order valence-electron chi connectivity index (χ4n) is 1.99. The molecule has 0 aromatic heterocycles. The number of carbonyl (C=O) groups excluding carboxylic acids is 2. The van der Waals surface area contributed by atoms with Gasteiger partial charge >= 0.3 is 11.9 Å². The third-order valence-corrected chi connectivity index (χ3v) is 3.27. The second-order valence-corrected chi connectivity index (χ2v) is 5.56. The Kier molecular flexibility index (Phi) is 6.91. The minimum atomic E-state index is -1.56. The van der Waals surface area contributed by atoms with E-state index in [1.807, 2.05) is 0 Å². The van der Waals surface area contributed by atoms with Gasteiger partial charge in [0.05, 0.1) is 6.42 Å². The Bertz CT molecular complexity index is 614. The average Bonchev–Trinajstić information content (AvgIpc) is 2.51. The van der Waals surface area contributed by atoms with E-state index in [0.29, 0.717) is 5.56 Å². The van der Waals surface area contributed by atoms with Crippen LogP contribution in [-0.4, -0.2) is 46.0 Å². The highest BCUT2D eigenvalue weighted by atomic mass is 16.4. The van der Waals surface area contributed by atoms with Gasteiger partial charge in [-0.1, -0.05) is 32.0 Å². The van der Waals surface area contributed by atoms with Crippen LogP contribution in [0.4, 0.5) is 0 Å². The van der Waals surface area contributed by atoms with E-state index in [9.17, 15) is 19.2 Å². The summed E-state index contributed by atoms with van der Waals surface area (Å²) < 4.78 is 0. The molecular formula is C16H20N2O6. The quantitative estimate of drug-likeness (QED) is 0.546. The number of benzene rings is 1. The SMILES string of the molecule is CC(C)C(NC(=O)c1ccccc1)C(=O)NC(CC(=O)O)C(=O)O. The zero-order valence-electron chi connectivity index (χ0n) is 13.4. The summed E-state index contributed by atoms with van der Waals surface area (Å²) >= 11 is 0. The molecule has 8 heteroatoms. The van der Waals surface area contributed by atoms with E-state index >= 15 is 0 Å². The van der Waals surface area contributed by atoms with Crippen molar-refractivity contribution < 1.29 is 29.4 Å². The van der Waals surface area contributed by atoms with Crippen molar-refractivity contribution in [2.75, 3.05) is 0 Å². The number of hydrogen-bond acceptors (Lipinski definition) is 4. The van der Waals surface area contributed by atoms with Crippen LogP contribution in [0.25, 0.3) is 0 Å². The normalized spacial score (nSPS) is 13.0. The molecule has 24 heavy (non-hydrogen) atoms. The highest BCUT2D eigenvalue weighted by Gasteiger charge is 2.30. The summed E-state index contributed by atoms with van der Waals surface area (Å²) in [6, 6.07) is 5.69. The molecule has 0 radical (unpaired) electrons. The highest BCUT2D eigenvalue weighted by molar-refractivity contribution is 5.98. The molecule has 4 N–H and O–H groups in total. The summed E-state index contributed by atoms with van der Waals surface area (Å²) in [7, 11) is 0. The molecule has 0 bridgehead atoms. The Morgan fingerprint density at radius 2 is 1.58 bits per heavy atom. The lowest BCUT2D eigenvalue weighted by atomic mass is 10.0. The van der Waals surface area contributed by atoms with Crippen LogP contribution in [0.15, 0.2) is 30.3 Å². The van der Waals surface area contributed by atoms with Gasteiger partial charge in [-0.15, -0.1) is 0 Å². The maximum Gasteiger partial charge on any atom is 0.326 e. The van der Waals surface area contributed by atoms with E-state index < -0.39 is 42.3 Å². The van der Waals surface area contributed by atoms with Gasteiger partial charge in [-0.05, 0) is 18.1 Å². The van der Waals surface area contributed by atoms with Crippen molar-refractivity contribution in [3.8, 4) is 0 Å². The number of nitrogens with one attached hydrogen (secondary N) is 2. The van der Waals surface area contributed by atoms with Gasteiger partial charge in [-0.3, -0.25) is 14.4 Å². The van der Waals surface area contributed by atoms with Crippen molar-refractivity contribution in [3.05, 3.63) is 35.9 Å². The van der Waals surface area contributed by atoms with Crippen LogP contribution in [0.2, 0.25) is 0 Å². The van der Waals surface area contributed by atoms with Crippen LogP contribution in [0.3, 0.4) is 0 Å². The molecule has 0 heterocycles. The van der Waals surface area contributed by atoms with Crippen molar-refractivity contribution in [2.45, 2.75) is 32.4 Å². The first kappa shape index (κ1) is 19.1. The zero-order chi connectivity index (χ0) is 18.3. The van der Waals surface area contributed by atoms with Crippen molar-refractivity contribution in [1.82, 2.24) is 10.6 Å². The lowest BCUT2D eigenvalue weighted by Crippen LogP contribution is -2.54. The maximum atomic E-state index is 12.3. The molecule has 2 amide bonds. The van der Waals surface area contributed by atoms with Gasteiger partial charge in [-0.2, -0.15) is 0 Å². The van der Waals surface area contributed by atoms with Gasteiger partial charge < -0.3 is 20.8 Å². The molecule has 2 unspecified atom stereocenters. The van der Waals surface area contributed by atoms with Crippen molar-refractivity contribution in [2.24, 2.45) is 5.92 Å². The molecule has 2 atom stereocenters. The first-order chi connectivity index (χ1) is 11.2. The van der Waals surface area contributed by atoms with Gasteiger partial charge in [-0.25, -0.2) is 4.79 Å². The monoisotopic (exact) mass is 336 g/mol. The molecule has 0 fully saturated rings. The number of carbonyl (C=O) groups is 4. The van der Waals surface area contributed by atoms with E-state index in [2.05, 4.69) is 10.6 Å². The minimum Gasteiger partial charge on any atom is -0.481 e. The summed E-state index contributed by atoms with van der Waals surface area (Å²) in [5.41, 5.74) is 0.358. The number of carboxylic acids is 2. The summed E-state index contributed by atoms with van der Waals surface area (Å²) in [6.07, 6.45) is -0.751. The molecule has 1 aromatic carbocycles. The Morgan fingerprint density at radius 3 is 2.04 bits per heavy atom. The van der Waals surface area contributed by atoms with Crippen LogP contribution in [0.1, 0.15) is 30.6 Å². The fourth-order valence-corrected chi connectivity index (χ4v) is 1.99. The first-order valence-corrected chi connectivity index (χ1v) is 7.33. The summed E-state index contributed by atoms with van der Waals surface area (Å²) in [5, 5.41) is 22.4. The van der Waals surface area contributed by atoms with Crippen LogP contribution in [0.5, 0.6) is 0 Å². The summed E-state index contributed by atoms with van der Waals surface area (Å²) in [5.74, 6) is -4.35. The topological polar surface area (TPSA) is 133 Å². The maximum absolute atomic E-state index is 12.3. The Balaban J connectivity index is 2.83. The van der Waals surface area contributed by atoms with E-state index in [-0.39, 0.29) is 5.92 Å². The average molecular weight is 336 g/mol. The van der Waals surface area contributed by atoms with E-state index in [1.54, 1.807) is 44.2 Å². The predicted octanol–water partition coefficient (Wildman–Crippen LogP) is 0.485. The van der Waals surface area contributed by atoms with Crippen LogP contribution in [0, 0.1) is 5.92 Å². The van der Waals surface area contributed by atoms with E-state index in [4.69, 9.17) is 10.2 Å². The van der Waals surface area contributed by atoms with Gasteiger partial charge in [0.2, 0.25) is 5.91 Å². The van der Waals surface area contributed by atoms with Gasteiger partial charge in [0, 0.05) is 5.56 Å². The molecule has 8 nitrogen and oxygen atoms in total. The second-order valence-electron chi connectivity index (χ2n) is 5.56. The lowest BCUT2D eigenvalue weighted by molar-refractivity contribution is -0.147. The summed E-state index contributed by atoms with van der Waals surface area (Å²) in [4.78, 5) is 46.1. The molecular weight excluding hydrogens is 316 g/mol. The van der Waals surface area contributed by atoms with Crippen LogP contribution < -0.4 is 10.6 Å². The number of carboxylic acid groups (broad SMARTS) is 2. The number of amides is 2. The molecule has 130 valence electrons. The molecule has 0 saturated carbocycles. The number of aliphatic carboxylic acids is 2. The largest absolute Gasteiger partial charge is 0.481 e. The molecule has 1 aromatic rings. The Labute approximate surface area is 138 Å². The molecule has 0 aliphatic heterocycles. The minimum absolute atomic E-state index is 0.322. The second kappa shape index (κ2) is 8.66.